The first-order valence-corrected chi connectivity index (χ1v) is 6.48. The standard InChI is InChI=1S/C12H21N3O4/c1-3-9(11(17)18)14(2)12(19)13-8-10(16)15-6-4-5-7-15/h9H,3-8H2,1-2H3,(H,13,19)(H,17,18). The van der Waals surface area contributed by atoms with Crippen LogP contribution < -0.4 is 5.32 Å². The number of hydrogen-bond acceptors (Lipinski definition) is 3. The van der Waals surface area contributed by atoms with Crippen LogP contribution in [0, 0.1) is 0 Å². The molecule has 1 rings (SSSR count). The number of likely N-dealkylation sites (N-methyl/N-ethyl adjacent to an activating group) is 1. The summed E-state index contributed by atoms with van der Waals surface area (Å²) in [4.78, 5) is 37.2. The zero-order chi connectivity index (χ0) is 14.4. The highest BCUT2D eigenvalue weighted by Gasteiger charge is 2.25. The fraction of sp³-hybridized carbons (Fsp3) is 0.750. The summed E-state index contributed by atoms with van der Waals surface area (Å²) in [5.41, 5.74) is 0. The molecule has 1 saturated heterocycles. The number of carboxylic acids is 1. The topological polar surface area (TPSA) is 90.0 Å². The zero-order valence-electron chi connectivity index (χ0n) is 11.4. The van der Waals surface area contributed by atoms with Crippen molar-refractivity contribution in [3.63, 3.8) is 0 Å². The van der Waals surface area contributed by atoms with E-state index in [0.717, 1.165) is 30.8 Å². The Hall–Kier alpha value is -1.79. The summed E-state index contributed by atoms with van der Waals surface area (Å²) in [6.07, 6.45) is 2.31. The Morgan fingerprint density at radius 1 is 1.32 bits per heavy atom. The van der Waals surface area contributed by atoms with E-state index in [0.29, 0.717) is 6.42 Å². The third-order valence-corrected chi connectivity index (χ3v) is 3.31. The maximum Gasteiger partial charge on any atom is 0.326 e. The first-order valence-electron chi connectivity index (χ1n) is 6.48. The van der Waals surface area contributed by atoms with Crippen LogP contribution in [0.15, 0.2) is 0 Å². The van der Waals surface area contributed by atoms with Gasteiger partial charge in [-0.3, -0.25) is 4.79 Å². The molecule has 7 heteroatoms. The van der Waals surface area contributed by atoms with Crippen molar-refractivity contribution in [1.29, 1.82) is 0 Å². The van der Waals surface area contributed by atoms with Gasteiger partial charge < -0.3 is 20.2 Å². The highest BCUT2D eigenvalue weighted by molar-refractivity contribution is 5.86. The molecule has 7 nitrogen and oxygen atoms in total. The minimum Gasteiger partial charge on any atom is -0.480 e. The number of carbonyl (C=O) groups excluding carboxylic acids is 2. The molecule has 1 aliphatic rings. The number of hydrogen-bond donors (Lipinski definition) is 2. The molecule has 0 saturated carbocycles. The molecule has 2 N–H and O–H groups in total. The second-order valence-electron chi connectivity index (χ2n) is 4.62. The Kier molecular flexibility index (Phi) is 5.59. The Balaban J connectivity index is 2.41. The maximum absolute atomic E-state index is 11.7. The second kappa shape index (κ2) is 6.96. The average Bonchev–Trinajstić information content (AvgIpc) is 2.89. The number of urea groups is 1. The number of amides is 3. The monoisotopic (exact) mass is 271 g/mol. The molecule has 1 unspecified atom stereocenters. The van der Waals surface area contributed by atoms with Crippen LogP contribution in [0.1, 0.15) is 26.2 Å². The van der Waals surface area contributed by atoms with Crippen LogP contribution in [0.25, 0.3) is 0 Å². The van der Waals surface area contributed by atoms with Gasteiger partial charge >= 0.3 is 12.0 Å². The van der Waals surface area contributed by atoms with Crippen LogP contribution in [-0.2, 0) is 9.59 Å². The first-order chi connectivity index (χ1) is 8.97. The third kappa shape index (κ3) is 4.11. The smallest absolute Gasteiger partial charge is 0.326 e. The van der Waals surface area contributed by atoms with E-state index < -0.39 is 18.0 Å². The predicted octanol–water partition coefficient (Wildman–Crippen LogP) is 0.113. The minimum absolute atomic E-state index is 0.0841. The predicted molar refractivity (Wildman–Crippen MR) is 68.7 cm³/mol. The molecule has 0 bridgehead atoms. The Morgan fingerprint density at radius 2 is 1.89 bits per heavy atom. The second-order valence-corrected chi connectivity index (χ2v) is 4.62. The number of nitrogens with zero attached hydrogens (tertiary/aromatic N) is 2. The average molecular weight is 271 g/mol. The van der Waals surface area contributed by atoms with Crippen LogP contribution in [0.4, 0.5) is 4.79 Å². The fourth-order valence-electron chi connectivity index (χ4n) is 2.11. The third-order valence-electron chi connectivity index (χ3n) is 3.31. The van der Waals surface area contributed by atoms with Crippen molar-refractivity contribution in [3.05, 3.63) is 0 Å². The van der Waals surface area contributed by atoms with E-state index in [9.17, 15) is 14.4 Å². The minimum atomic E-state index is -1.05. The molecule has 1 fully saturated rings. The van der Waals surface area contributed by atoms with Crippen molar-refractivity contribution in [2.24, 2.45) is 0 Å². The molecule has 0 aromatic carbocycles. The van der Waals surface area contributed by atoms with Gasteiger partial charge in [-0.05, 0) is 19.3 Å². The van der Waals surface area contributed by atoms with Gasteiger partial charge in [-0.25, -0.2) is 9.59 Å². The lowest BCUT2D eigenvalue weighted by atomic mass is 10.2. The molecular weight excluding hydrogens is 250 g/mol. The maximum atomic E-state index is 11.7. The molecule has 0 aromatic heterocycles. The highest BCUT2D eigenvalue weighted by Crippen LogP contribution is 2.07. The molecule has 19 heavy (non-hydrogen) atoms. The van der Waals surface area contributed by atoms with Crippen LogP contribution >= 0.6 is 0 Å². The number of rotatable bonds is 5. The van der Waals surface area contributed by atoms with E-state index in [1.807, 2.05) is 0 Å². The molecule has 1 aliphatic heterocycles. The number of likely N-dealkylation sites (tertiary alicyclic amines) is 1. The first kappa shape index (κ1) is 15.3. The summed E-state index contributed by atoms with van der Waals surface area (Å²) in [6, 6.07) is -1.41. The SMILES string of the molecule is CCC(C(=O)O)N(C)C(=O)NCC(=O)N1CCCC1. The van der Waals surface area contributed by atoms with Crippen LogP contribution in [-0.4, -0.2) is 65.5 Å². The Bertz CT molecular complexity index is 353. The van der Waals surface area contributed by atoms with Crippen molar-refractivity contribution < 1.29 is 19.5 Å². The van der Waals surface area contributed by atoms with E-state index >= 15 is 0 Å². The van der Waals surface area contributed by atoms with Crippen molar-refractivity contribution in [3.8, 4) is 0 Å². The zero-order valence-corrected chi connectivity index (χ0v) is 11.4. The lowest BCUT2D eigenvalue weighted by Crippen LogP contribution is -2.49. The fourth-order valence-corrected chi connectivity index (χ4v) is 2.11. The van der Waals surface area contributed by atoms with Crippen molar-refractivity contribution in [2.45, 2.75) is 32.2 Å². The van der Waals surface area contributed by atoms with Gasteiger partial charge in [0.2, 0.25) is 5.91 Å². The molecule has 0 spiro atoms. The Morgan fingerprint density at radius 3 is 2.37 bits per heavy atom. The summed E-state index contributed by atoms with van der Waals surface area (Å²) in [7, 11) is 1.41. The van der Waals surface area contributed by atoms with Crippen molar-refractivity contribution in [2.75, 3.05) is 26.7 Å². The van der Waals surface area contributed by atoms with Crippen molar-refractivity contribution >= 4 is 17.9 Å². The molecule has 0 radical (unpaired) electrons. The van der Waals surface area contributed by atoms with E-state index in [4.69, 9.17) is 5.11 Å². The van der Waals surface area contributed by atoms with Crippen molar-refractivity contribution in [1.82, 2.24) is 15.1 Å². The number of aliphatic carboxylic acids is 1. The van der Waals surface area contributed by atoms with Gasteiger partial charge in [-0.1, -0.05) is 6.92 Å². The van der Waals surface area contributed by atoms with Gasteiger partial charge in [0.1, 0.15) is 6.04 Å². The summed E-state index contributed by atoms with van der Waals surface area (Å²) in [6.45, 7) is 3.08. The van der Waals surface area contributed by atoms with Gasteiger partial charge in [-0.2, -0.15) is 0 Å². The van der Waals surface area contributed by atoms with Gasteiger partial charge in [0.25, 0.3) is 0 Å². The number of carbonyl (C=O) groups is 3. The van der Waals surface area contributed by atoms with Gasteiger partial charge in [-0.15, -0.1) is 0 Å². The summed E-state index contributed by atoms with van der Waals surface area (Å²) >= 11 is 0. The van der Waals surface area contributed by atoms with Gasteiger partial charge in [0, 0.05) is 20.1 Å². The molecule has 1 heterocycles. The summed E-state index contributed by atoms with van der Waals surface area (Å²) < 4.78 is 0. The normalized spacial score (nSPS) is 16.0. The van der Waals surface area contributed by atoms with E-state index in [1.54, 1.807) is 11.8 Å². The quantitative estimate of drug-likeness (QED) is 0.743. The molecular formula is C12H21N3O4. The molecule has 0 aliphatic carbocycles. The molecule has 3 amide bonds. The molecule has 0 aromatic rings. The number of carboxylic acid groups (broad SMARTS) is 1. The highest BCUT2D eigenvalue weighted by atomic mass is 16.4. The lowest BCUT2D eigenvalue weighted by Gasteiger charge is -2.24. The van der Waals surface area contributed by atoms with E-state index in [2.05, 4.69) is 5.32 Å². The Labute approximate surface area is 112 Å². The van der Waals surface area contributed by atoms with Crippen LogP contribution in [0.3, 0.4) is 0 Å². The van der Waals surface area contributed by atoms with Crippen LogP contribution in [0.2, 0.25) is 0 Å². The molecule has 1 atom stereocenters. The van der Waals surface area contributed by atoms with Gasteiger partial charge in [0.15, 0.2) is 0 Å². The number of nitrogens with one attached hydrogen (secondary N) is 1. The lowest BCUT2D eigenvalue weighted by molar-refractivity contribution is -0.141. The van der Waals surface area contributed by atoms with Crippen LogP contribution in [0.5, 0.6) is 0 Å². The molecule has 108 valence electrons. The van der Waals surface area contributed by atoms with E-state index in [-0.39, 0.29) is 12.5 Å². The summed E-state index contributed by atoms with van der Waals surface area (Å²) in [5, 5.41) is 11.4. The van der Waals surface area contributed by atoms with E-state index in [1.165, 1.54) is 7.05 Å². The largest absolute Gasteiger partial charge is 0.480 e. The van der Waals surface area contributed by atoms with Gasteiger partial charge in [0.05, 0.1) is 6.54 Å². The summed E-state index contributed by atoms with van der Waals surface area (Å²) in [5.74, 6) is -1.17.